The van der Waals surface area contributed by atoms with Crippen molar-refractivity contribution < 1.29 is 4.74 Å². The van der Waals surface area contributed by atoms with Crippen molar-refractivity contribution in [2.75, 3.05) is 7.11 Å². The molecule has 0 fully saturated rings. The van der Waals surface area contributed by atoms with Crippen molar-refractivity contribution in [1.29, 1.82) is 5.41 Å². The maximum Gasteiger partial charge on any atom is 0.129 e. The summed E-state index contributed by atoms with van der Waals surface area (Å²) in [5.41, 5.74) is 8.87. The first-order valence-electron chi connectivity index (χ1n) is 6.15. The Bertz CT molecular complexity index is 663. The van der Waals surface area contributed by atoms with Gasteiger partial charge in [0.25, 0.3) is 0 Å². The summed E-state index contributed by atoms with van der Waals surface area (Å²) in [6.45, 7) is 4.38. The van der Waals surface area contributed by atoms with Gasteiger partial charge >= 0.3 is 0 Å². The van der Waals surface area contributed by atoms with Crippen LogP contribution in [0.3, 0.4) is 0 Å². The fraction of sp³-hybridized carbons (Fsp3) is 0.286. The molecule has 1 aromatic carbocycles. The van der Waals surface area contributed by atoms with Gasteiger partial charge in [0.2, 0.25) is 0 Å². The molecule has 6 heteroatoms. The molecule has 0 spiro atoms. The lowest BCUT2D eigenvalue weighted by Crippen LogP contribution is -2.13. The number of aryl methyl sites for hydroxylation is 1. The number of amidine groups is 1. The molecule has 0 amide bonds. The Balaban J connectivity index is 2.36. The second-order valence-corrected chi connectivity index (χ2v) is 4.97. The minimum Gasteiger partial charge on any atom is -0.496 e. The number of aromatic nitrogens is 2. The molecule has 0 atom stereocenters. The van der Waals surface area contributed by atoms with E-state index in [1.54, 1.807) is 13.2 Å². The molecule has 106 valence electrons. The molecule has 1 aromatic heterocycles. The molecule has 0 radical (unpaired) electrons. The lowest BCUT2D eigenvalue weighted by Gasteiger charge is -2.10. The number of nitrogen functional groups attached to an aromatic ring is 1. The van der Waals surface area contributed by atoms with Crippen LogP contribution in [0.4, 0.5) is 0 Å². The van der Waals surface area contributed by atoms with Gasteiger partial charge in [-0.1, -0.05) is 17.7 Å². The fourth-order valence-electron chi connectivity index (χ4n) is 2.07. The van der Waals surface area contributed by atoms with Gasteiger partial charge in [-0.2, -0.15) is 5.10 Å². The summed E-state index contributed by atoms with van der Waals surface area (Å²) in [5, 5.41) is 12.7. The van der Waals surface area contributed by atoms with Crippen molar-refractivity contribution >= 4 is 17.4 Å². The Labute approximate surface area is 122 Å². The SMILES string of the molecule is COc1ccc(Cn2nc(C)c(Cl)c2C)cc1C(=N)N. The smallest absolute Gasteiger partial charge is 0.129 e. The summed E-state index contributed by atoms with van der Waals surface area (Å²) in [6.07, 6.45) is 0. The number of hydrogen-bond acceptors (Lipinski definition) is 3. The minimum atomic E-state index is -0.0184. The molecular formula is C14H17ClN4O. The summed E-state index contributed by atoms with van der Waals surface area (Å²) < 4.78 is 7.03. The van der Waals surface area contributed by atoms with Crippen LogP contribution in [-0.2, 0) is 6.54 Å². The first kappa shape index (κ1) is 14.4. The normalized spacial score (nSPS) is 10.6. The monoisotopic (exact) mass is 292 g/mol. The molecule has 2 rings (SSSR count). The largest absolute Gasteiger partial charge is 0.496 e. The van der Waals surface area contributed by atoms with E-state index in [0.29, 0.717) is 22.9 Å². The molecule has 1 heterocycles. The standard InChI is InChI=1S/C14H17ClN4O/c1-8-13(15)9(2)19(18-8)7-10-4-5-12(20-3)11(6-10)14(16)17/h4-6H,7H2,1-3H3,(H3,16,17). The van der Waals surface area contributed by atoms with Crippen LogP contribution in [0.15, 0.2) is 18.2 Å². The number of benzene rings is 1. The number of nitrogens with one attached hydrogen (secondary N) is 1. The average molecular weight is 293 g/mol. The fourth-order valence-corrected chi connectivity index (χ4v) is 2.20. The number of halogens is 1. The van der Waals surface area contributed by atoms with Gasteiger partial charge in [-0.15, -0.1) is 0 Å². The quantitative estimate of drug-likeness (QED) is 0.671. The molecule has 5 nitrogen and oxygen atoms in total. The molecular weight excluding hydrogens is 276 g/mol. The molecule has 0 saturated heterocycles. The van der Waals surface area contributed by atoms with Gasteiger partial charge in [-0.05, 0) is 31.5 Å². The predicted molar refractivity (Wildman–Crippen MR) is 79.8 cm³/mol. The summed E-state index contributed by atoms with van der Waals surface area (Å²) in [5.74, 6) is 0.572. The van der Waals surface area contributed by atoms with Crippen LogP contribution in [0.5, 0.6) is 5.75 Å². The summed E-state index contributed by atoms with van der Waals surface area (Å²) in [6, 6.07) is 5.57. The number of hydrogen-bond donors (Lipinski definition) is 2. The first-order valence-corrected chi connectivity index (χ1v) is 6.52. The van der Waals surface area contributed by atoms with Gasteiger partial charge in [-0.25, -0.2) is 0 Å². The molecule has 0 bridgehead atoms. The molecule has 0 saturated carbocycles. The highest BCUT2D eigenvalue weighted by atomic mass is 35.5. The van der Waals surface area contributed by atoms with Gasteiger partial charge in [0, 0.05) is 0 Å². The second kappa shape index (κ2) is 5.54. The Morgan fingerprint density at radius 1 is 1.45 bits per heavy atom. The van der Waals surface area contributed by atoms with Crippen LogP contribution in [0.2, 0.25) is 5.02 Å². The van der Waals surface area contributed by atoms with Gasteiger partial charge < -0.3 is 10.5 Å². The van der Waals surface area contributed by atoms with Crippen molar-refractivity contribution in [2.24, 2.45) is 5.73 Å². The van der Waals surface area contributed by atoms with Gasteiger partial charge in [0.1, 0.15) is 11.6 Å². The minimum absolute atomic E-state index is 0.0184. The number of nitrogens with two attached hydrogens (primary N) is 1. The van der Waals surface area contributed by atoms with E-state index in [0.717, 1.165) is 17.0 Å². The number of rotatable bonds is 4. The van der Waals surface area contributed by atoms with Gasteiger partial charge in [0.15, 0.2) is 0 Å². The van der Waals surface area contributed by atoms with E-state index in [1.807, 2.05) is 30.7 Å². The molecule has 0 aliphatic rings. The van der Waals surface area contributed by atoms with Gasteiger partial charge in [-0.3, -0.25) is 10.1 Å². The summed E-state index contributed by atoms with van der Waals surface area (Å²) in [4.78, 5) is 0. The molecule has 0 aliphatic carbocycles. The van der Waals surface area contributed by atoms with Crippen LogP contribution >= 0.6 is 11.6 Å². The number of nitrogens with zero attached hydrogens (tertiary/aromatic N) is 2. The highest BCUT2D eigenvalue weighted by Crippen LogP contribution is 2.22. The Kier molecular flexibility index (Phi) is 3.99. The van der Waals surface area contributed by atoms with Crippen LogP contribution in [0, 0.1) is 19.3 Å². The summed E-state index contributed by atoms with van der Waals surface area (Å²) in [7, 11) is 1.56. The zero-order valence-corrected chi connectivity index (χ0v) is 12.5. The zero-order chi connectivity index (χ0) is 14.9. The topological polar surface area (TPSA) is 76.9 Å². The van der Waals surface area contributed by atoms with Crippen molar-refractivity contribution in [3.63, 3.8) is 0 Å². The average Bonchev–Trinajstić information content (AvgIpc) is 2.66. The van der Waals surface area contributed by atoms with E-state index in [9.17, 15) is 0 Å². The van der Waals surface area contributed by atoms with E-state index in [2.05, 4.69) is 5.10 Å². The van der Waals surface area contributed by atoms with Crippen molar-refractivity contribution in [3.8, 4) is 5.75 Å². The number of ether oxygens (including phenoxy) is 1. The van der Waals surface area contributed by atoms with E-state index in [4.69, 9.17) is 27.5 Å². The van der Waals surface area contributed by atoms with Crippen LogP contribution < -0.4 is 10.5 Å². The number of methoxy groups -OCH3 is 1. The molecule has 2 aromatic rings. The molecule has 20 heavy (non-hydrogen) atoms. The maximum atomic E-state index is 7.59. The van der Waals surface area contributed by atoms with Crippen molar-refractivity contribution in [2.45, 2.75) is 20.4 Å². The highest BCUT2D eigenvalue weighted by Gasteiger charge is 2.11. The molecule has 0 unspecified atom stereocenters. The van der Waals surface area contributed by atoms with E-state index >= 15 is 0 Å². The van der Waals surface area contributed by atoms with Crippen molar-refractivity contribution in [1.82, 2.24) is 9.78 Å². The van der Waals surface area contributed by atoms with E-state index in [-0.39, 0.29) is 5.84 Å². The maximum absolute atomic E-state index is 7.59. The van der Waals surface area contributed by atoms with E-state index < -0.39 is 0 Å². The summed E-state index contributed by atoms with van der Waals surface area (Å²) >= 11 is 6.14. The second-order valence-electron chi connectivity index (χ2n) is 4.59. The molecule has 0 aliphatic heterocycles. The lowest BCUT2D eigenvalue weighted by atomic mass is 10.1. The Morgan fingerprint density at radius 2 is 2.15 bits per heavy atom. The van der Waals surface area contributed by atoms with E-state index in [1.165, 1.54) is 0 Å². The third kappa shape index (κ3) is 2.63. The third-order valence-corrected chi connectivity index (χ3v) is 3.73. The Morgan fingerprint density at radius 3 is 2.65 bits per heavy atom. The zero-order valence-electron chi connectivity index (χ0n) is 11.7. The lowest BCUT2D eigenvalue weighted by molar-refractivity contribution is 0.413. The van der Waals surface area contributed by atoms with Crippen LogP contribution in [-0.4, -0.2) is 22.7 Å². The van der Waals surface area contributed by atoms with Gasteiger partial charge in [0.05, 0.1) is 35.6 Å². The van der Waals surface area contributed by atoms with Crippen molar-refractivity contribution in [3.05, 3.63) is 45.7 Å². The first-order chi connectivity index (χ1) is 9.43. The van der Waals surface area contributed by atoms with Crippen LogP contribution in [0.25, 0.3) is 0 Å². The highest BCUT2D eigenvalue weighted by molar-refractivity contribution is 6.31. The molecule has 3 N–H and O–H groups in total. The third-order valence-electron chi connectivity index (χ3n) is 3.18. The Hall–Kier alpha value is -2.01. The van der Waals surface area contributed by atoms with Crippen LogP contribution in [0.1, 0.15) is 22.5 Å². The predicted octanol–water partition coefficient (Wildman–Crippen LogP) is 2.49.